The highest BCUT2D eigenvalue weighted by Gasteiger charge is 2.29. The number of benzene rings is 2. The number of carbonyl (C=O) groups is 1. The molecule has 1 atom stereocenters. The molecule has 1 heterocycles. The van der Waals surface area contributed by atoms with Crippen LogP contribution in [0.2, 0.25) is 5.02 Å². The topological polar surface area (TPSA) is 41.6 Å². The number of halogens is 2. The molecule has 0 saturated carbocycles. The van der Waals surface area contributed by atoms with Crippen LogP contribution >= 0.6 is 34.5 Å². The molecule has 2 aromatic carbocycles. The lowest BCUT2D eigenvalue weighted by Gasteiger charge is -2.32. The van der Waals surface area contributed by atoms with E-state index in [9.17, 15) is 4.79 Å². The fourth-order valence-corrected chi connectivity index (χ4v) is 4.54. The third-order valence-electron chi connectivity index (χ3n) is 4.72. The Morgan fingerprint density at radius 2 is 1.97 bits per heavy atom. The number of anilines is 1. The van der Waals surface area contributed by atoms with Crippen molar-refractivity contribution in [1.82, 2.24) is 5.32 Å². The first-order valence-electron chi connectivity index (χ1n) is 9.65. The lowest BCUT2D eigenvalue weighted by Crippen LogP contribution is -2.42. The quantitative estimate of drug-likeness (QED) is 0.401. The van der Waals surface area contributed by atoms with Gasteiger partial charge in [-0.3, -0.25) is 4.79 Å². The SMILES string of the molecule is COc1ccc(N(CCCl)C(C(=O)NCCc2ccccc2)c2cccs2)cc1Cl. The van der Waals surface area contributed by atoms with Crippen LogP contribution in [0, 0.1) is 0 Å². The van der Waals surface area contributed by atoms with Gasteiger partial charge in [-0.25, -0.2) is 0 Å². The van der Waals surface area contributed by atoms with Gasteiger partial charge in [-0.1, -0.05) is 48.0 Å². The number of hydrogen-bond acceptors (Lipinski definition) is 4. The van der Waals surface area contributed by atoms with Gasteiger partial charge >= 0.3 is 0 Å². The van der Waals surface area contributed by atoms with Crippen molar-refractivity contribution in [3.05, 3.63) is 81.5 Å². The highest BCUT2D eigenvalue weighted by atomic mass is 35.5. The minimum absolute atomic E-state index is 0.0644. The molecule has 1 unspecified atom stereocenters. The van der Waals surface area contributed by atoms with E-state index in [0.29, 0.717) is 29.7 Å². The number of hydrogen-bond donors (Lipinski definition) is 1. The first-order valence-corrected chi connectivity index (χ1v) is 11.4. The largest absolute Gasteiger partial charge is 0.495 e. The van der Waals surface area contributed by atoms with Gasteiger partial charge in [0.2, 0.25) is 5.91 Å². The van der Waals surface area contributed by atoms with Crippen LogP contribution in [0.4, 0.5) is 5.69 Å². The summed E-state index contributed by atoms with van der Waals surface area (Å²) in [4.78, 5) is 16.2. The predicted molar refractivity (Wildman–Crippen MR) is 126 cm³/mol. The van der Waals surface area contributed by atoms with Crippen LogP contribution in [0.5, 0.6) is 5.75 Å². The summed E-state index contributed by atoms with van der Waals surface area (Å²) in [7, 11) is 1.58. The Morgan fingerprint density at radius 1 is 1.17 bits per heavy atom. The van der Waals surface area contributed by atoms with Crippen LogP contribution in [-0.4, -0.2) is 32.0 Å². The van der Waals surface area contributed by atoms with E-state index in [0.717, 1.165) is 17.0 Å². The van der Waals surface area contributed by atoms with E-state index in [1.807, 2.05) is 52.7 Å². The molecule has 4 nitrogen and oxygen atoms in total. The summed E-state index contributed by atoms with van der Waals surface area (Å²) in [5.41, 5.74) is 2.00. The molecule has 0 aliphatic heterocycles. The smallest absolute Gasteiger partial charge is 0.248 e. The van der Waals surface area contributed by atoms with Gasteiger partial charge in [-0.05, 0) is 41.6 Å². The summed E-state index contributed by atoms with van der Waals surface area (Å²) in [6.07, 6.45) is 0.771. The third-order valence-corrected chi connectivity index (χ3v) is 6.11. The van der Waals surface area contributed by atoms with Crippen molar-refractivity contribution in [3.8, 4) is 5.75 Å². The molecule has 0 bridgehead atoms. The van der Waals surface area contributed by atoms with Crippen LogP contribution in [0.15, 0.2) is 66.0 Å². The summed E-state index contributed by atoms with van der Waals surface area (Å²) in [5.74, 6) is 0.902. The first kappa shape index (κ1) is 22.5. The maximum atomic E-state index is 13.3. The molecular formula is C23H24Cl2N2O2S. The minimum atomic E-state index is -0.496. The number of nitrogens with zero attached hydrogens (tertiary/aromatic N) is 1. The van der Waals surface area contributed by atoms with E-state index in [4.69, 9.17) is 27.9 Å². The number of methoxy groups -OCH3 is 1. The zero-order valence-electron chi connectivity index (χ0n) is 16.7. The Morgan fingerprint density at radius 3 is 2.60 bits per heavy atom. The van der Waals surface area contributed by atoms with Crippen molar-refractivity contribution in [3.63, 3.8) is 0 Å². The third kappa shape index (κ3) is 5.69. The summed E-state index contributed by atoms with van der Waals surface area (Å²) in [6, 6.07) is 19.0. The Balaban J connectivity index is 1.83. The van der Waals surface area contributed by atoms with Crippen molar-refractivity contribution < 1.29 is 9.53 Å². The number of amides is 1. The van der Waals surface area contributed by atoms with E-state index < -0.39 is 6.04 Å². The molecule has 0 saturated heterocycles. The van der Waals surface area contributed by atoms with E-state index in [2.05, 4.69) is 17.4 Å². The monoisotopic (exact) mass is 462 g/mol. The Bertz CT molecular complexity index is 936. The fourth-order valence-electron chi connectivity index (χ4n) is 3.27. The second-order valence-corrected chi connectivity index (χ2v) is 8.41. The normalized spacial score (nSPS) is 11.7. The second kappa shape index (κ2) is 11.3. The highest BCUT2D eigenvalue weighted by molar-refractivity contribution is 7.10. The fraction of sp³-hybridized carbons (Fsp3) is 0.261. The molecule has 0 aliphatic rings. The summed E-state index contributed by atoms with van der Waals surface area (Å²) in [5, 5.41) is 5.55. The molecule has 158 valence electrons. The summed E-state index contributed by atoms with van der Waals surface area (Å²) >= 11 is 14.0. The standard InChI is InChI=1S/C23H24Cl2N2O2S/c1-29-20-10-9-18(16-19(20)25)27(14-12-24)22(21-8-5-15-30-21)23(28)26-13-11-17-6-3-2-4-7-17/h2-10,15-16,22H,11-14H2,1H3,(H,26,28). The van der Waals surface area contributed by atoms with Crippen molar-refractivity contribution in [1.29, 1.82) is 0 Å². The molecule has 3 rings (SSSR count). The molecule has 0 spiro atoms. The van der Waals surface area contributed by atoms with Crippen LogP contribution in [0.1, 0.15) is 16.5 Å². The number of thiophene rings is 1. The van der Waals surface area contributed by atoms with Gasteiger partial charge in [0.05, 0.1) is 12.1 Å². The zero-order chi connectivity index (χ0) is 21.3. The minimum Gasteiger partial charge on any atom is -0.495 e. The van der Waals surface area contributed by atoms with Crippen LogP contribution in [-0.2, 0) is 11.2 Å². The van der Waals surface area contributed by atoms with Gasteiger partial charge < -0.3 is 15.0 Å². The molecule has 1 N–H and O–H groups in total. The number of alkyl halides is 1. The van der Waals surface area contributed by atoms with Gasteiger partial charge in [0.25, 0.3) is 0 Å². The van der Waals surface area contributed by atoms with Gasteiger partial charge in [0.15, 0.2) is 0 Å². The van der Waals surface area contributed by atoms with Crippen molar-refractivity contribution in [2.75, 3.05) is 31.0 Å². The molecule has 0 aliphatic carbocycles. The summed E-state index contributed by atoms with van der Waals surface area (Å²) < 4.78 is 5.26. The number of carbonyl (C=O) groups excluding carboxylic acids is 1. The average molecular weight is 463 g/mol. The van der Waals surface area contributed by atoms with Gasteiger partial charge in [0.1, 0.15) is 11.8 Å². The van der Waals surface area contributed by atoms with Crippen LogP contribution in [0.25, 0.3) is 0 Å². The maximum Gasteiger partial charge on any atom is 0.248 e. The lowest BCUT2D eigenvalue weighted by atomic mass is 10.1. The molecular weight excluding hydrogens is 439 g/mol. The Labute approximate surface area is 191 Å². The van der Waals surface area contributed by atoms with E-state index in [-0.39, 0.29) is 5.91 Å². The lowest BCUT2D eigenvalue weighted by molar-refractivity contribution is -0.122. The number of rotatable bonds is 10. The Kier molecular flexibility index (Phi) is 8.43. The Hall–Kier alpha value is -2.21. The van der Waals surface area contributed by atoms with Gasteiger partial charge in [0, 0.05) is 29.5 Å². The molecule has 1 amide bonds. The van der Waals surface area contributed by atoms with E-state index in [1.165, 1.54) is 5.56 Å². The van der Waals surface area contributed by atoms with Gasteiger partial charge in [-0.2, -0.15) is 0 Å². The average Bonchev–Trinajstić information content (AvgIpc) is 3.28. The molecule has 30 heavy (non-hydrogen) atoms. The molecule has 1 aromatic heterocycles. The van der Waals surface area contributed by atoms with Crippen molar-refractivity contribution in [2.45, 2.75) is 12.5 Å². The predicted octanol–water partition coefficient (Wildman–Crippen LogP) is 5.56. The van der Waals surface area contributed by atoms with Crippen LogP contribution < -0.4 is 15.0 Å². The molecule has 7 heteroatoms. The zero-order valence-corrected chi connectivity index (χ0v) is 19.0. The van der Waals surface area contributed by atoms with Crippen molar-refractivity contribution >= 4 is 46.1 Å². The van der Waals surface area contributed by atoms with Crippen LogP contribution in [0.3, 0.4) is 0 Å². The maximum absolute atomic E-state index is 13.3. The molecule has 3 aromatic rings. The van der Waals surface area contributed by atoms with E-state index in [1.54, 1.807) is 24.5 Å². The molecule has 0 radical (unpaired) electrons. The second-order valence-electron chi connectivity index (χ2n) is 6.65. The first-order chi connectivity index (χ1) is 14.6. The number of ether oxygens (including phenoxy) is 1. The number of nitrogens with one attached hydrogen (secondary N) is 1. The highest BCUT2D eigenvalue weighted by Crippen LogP contribution is 2.34. The van der Waals surface area contributed by atoms with Gasteiger partial charge in [-0.15, -0.1) is 22.9 Å². The molecule has 0 fully saturated rings. The van der Waals surface area contributed by atoms with E-state index >= 15 is 0 Å². The van der Waals surface area contributed by atoms with Crippen molar-refractivity contribution in [2.24, 2.45) is 0 Å². The summed E-state index contributed by atoms with van der Waals surface area (Å²) in [6.45, 7) is 1.06.